The van der Waals surface area contributed by atoms with E-state index in [0.717, 1.165) is 39.1 Å². The summed E-state index contributed by atoms with van der Waals surface area (Å²) in [6.45, 7) is 7.54. The normalized spacial score (nSPS) is 18.2. The lowest BCUT2D eigenvalue weighted by molar-refractivity contribution is 0.151. The van der Waals surface area contributed by atoms with E-state index in [1.807, 2.05) is 6.07 Å². The minimum atomic E-state index is -0.464. The zero-order chi connectivity index (χ0) is 15.2. The first-order valence-electron chi connectivity index (χ1n) is 7.46. The van der Waals surface area contributed by atoms with Crippen LogP contribution in [0.5, 0.6) is 0 Å². The van der Waals surface area contributed by atoms with Crippen molar-refractivity contribution < 1.29 is 4.39 Å². The van der Waals surface area contributed by atoms with Crippen LogP contribution in [-0.2, 0) is 0 Å². The van der Waals surface area contributed by atoms with Crippen LogP contribution in [0.3, 0.4) is 0 Å². The lowest BCUT2D eigenvalue weighted by atomic mass is 10.1. The number of hydrogen-bond donors (Lipinski definition) is 1. The van der Waals surface area contributed by atoms with Crippen molar-refractivity contribution in [3.05, 3.63) is 29.6 Å². The van der Waals surface area contributed by atoms with E-state index in [4.69, 9.17) is 5.26 Å². The number of piperazine rings is 1. The van der Waals surface area contributed by atoms with Crippen molar-refractivity contribution in [2.24, 2.45) is 0 Å². The number of nitrogens with zero attached hydrogens (tertiary/aromatic N) is 3. The topological polar surface area (TPSA) is 42.3 Å². The molecule has 4 nitrogen and oxygen atoms in total. The van der Waals surface area contributed by atoms with Gasteiger partial charge in [-0.05, 0) is 32.5 Å². The molecule has 0 bridgehead atoms. The lowest BCUT2D eigenvalue weighted by Gasteiger charge is -2.33. The average Bonchev–Trinajstić information content (AvgIpc) is 2.47. The molecule has 1 atom stereocenters. The Labute approximate surface area is 126 Å². The molecule has 0 radical (unpaired) electrons. The van der Waals surface area contributed by atoms with Gasteiger partial charge in [-0.15, -0.1) is 0 Å². The first kappa shape index (κ1) is 15.7. The first-order valence-corrected chi connectivity index (χ1v) is 7.46. The number of hydrogen-bond acceptors (Lipinski definition) is 4. The Morgan fingerprint density at radius 3 is 2.71 bits per heavy atom. The largest absolute Gasteiger partial charge is 0.381 e. The third kappa shape index (κ3) is 4.42. The van der Waals surface area contributed by atoms with E-state index in [1.54, 1.807) is 12.1 Å². The van der Waals surface area contributed by atoms with Gasteiger partial charge in [0.2, 0.25) is 0 Å². The molecule has 1 unspecified atom stereocenters. The number of benzene rings is 1. The quantitative estimate of drug-likeness (QED) is 0.902. The lowest BCUT2D eigenvalue weighted by Crippen LogP contribution is -2.45. The molecule has 114 valence electrons. The zero-order valence-electron chi connectivity index (χ0n) is 12.8. The highest BCUT2D eigenvalue weighted by Crippen LogP contribution is 2.19. The highest BCUT2D eigenvalue weighted by atomic mass is 19.1. The fraction of sp³-hybridized carbons (Fsp3) is 0.562. The second kappa shape index (κ2) is 7.39. The highest BCUT2D eigenvalue weighted by Gasteiger charge is 2.15. The number of likely N-dealkylation sites (N-methyl/N-ethyl adjacent to an activating group) is 1. The van der Waals surface area contributed by atoms with Crippen molar-refractivity contribution in [3.8, 4) is 6.07 Å². The summed E-state index contributed by atoms with van der Waals surface area (Å²) in [7, 11) is 2.15. The van der Waals surface area contributed by atoms with Gasteiger partial charge in [-0.3, -0.25) is 0 Å². The monoisotopic (exact) mass is 290 g/mol. The summed E-state index contributed by atoms with van der Waals surface area (Å²) in [6, 6.07) is 6.84. The summed E-state index contributed by atoms with van der Waals surface area (Å²) in [6.07, 6.45) is 0.977. The van der Waals surface area contributed by atoms with Crippen LogP contribution in [0, 0.1) is 17.1 Å². The van der Waals surface area contributed by atoms with Crippen molar-refractivity contribution in [1.82, 2.24) is 9.80 Å². The summed E-state index contributed by atoms with van der Waals surface area (Å²) in [5.74, 6) is -0.464. The van der Waals surface area contributed by atoms with Crippen molar-refractivity contribution in [1.29, 1.82) is 5.26 Å². The van der Waals surface area contributed by atoms with Crippen LogP contribution >= 0.6 is 0 Å². The van der Waals surface area contributed by atoms with Gasteiger partial charge in [0.1, 0.15) is 17.4 Å². The van der Waals surface area contributed by atoms with E-state index < -0.39 is 5.82 Å². The molecule has 0 aliphatic carbocycles. The van der Waals surface area contributed by atoms with E-state index >= 15 is 0 Å². The first-order chi connectivity index (χ1) is 10.1. The van der Waals surface area contributed by atoms with Gasteiger partial charge in [0.15, 0.2) is 0 Å². The van der Waals surface area contributed by atoms with Crippen LogP contribution in [0.2, 0.25) is 0 Å². The van der Waals surface area contributed by atoms with Gasteiger partial charge >= 0.3 is 0 Å². The van der Waals surface area contributed by atoms with Crippen molar-refractivity contribution in [2.45, 2.75) is 19.4 Å². The van der Waals surface area contributed by atoms with E-state index in [2.05, 4.69) is 29.1 Å². The smallest absolute Gasteiger partial charge is 0.143 e. The zero-order valence-corrected chi connectivity index (χ0v) is 12.8. The van der Waals surface area contributed by atoms with E-state index in [9.17, 15) is 4.39 Å². The molecule has 1 aliphatic rings. The van der Waals surface area contributed by atoms with Crippen molar-refractivity contribution >= 4 is 5.69 Å². The Bertz CT molecular complexity index is 503. The molecule has 1 aliphatic heterocycles. The van der Waals surface area contributed by atoms with Crippen LogP contribution in [-0.4, -0.2) is 55.6 Å². The molecule has 1 N–H and O–H groups in total. The predicted molar refractivity (Wildman–Crippen MR) is 82.8 cm³/mol. The van der Waals surface area contributed by atoms with Gasteiger partial charge in [0.25, 0.3) is 0 Å². The maximum atomic E-state index is 13.5. The maximum absolute atomic E-state index is 13.5. The predicted octanol–water partition coefficient (Wildman–Crippen LogP) is 2.14. The summed E-state index contributed by atoms with van der Waals surface area (Å²) in [5.41, 5.74) is 0.687. The van der Waals surface area contributed by atoms with Gasteiger partial charge in [-0.25, -0.2) is 4.39 Å². The minimum Gasteiger partial charge on any atom is -0.381 e. The molecule has 5 heteroatoms. The molecule has 0 amide bonds. The standard InChI is InChI=1S/C16H23FN4/c1-13(6-7-21-10-8-20(2)9-11-21)19-16-5-3-4-15(17)14(16)12-18/h3-5,13,19H,6-11H2,1-2H3. The number of halogens is 1. The highest BCUT2D eigenvalue weighted by molar-refractivity contribution is 5.58. The number of anilines is 1. The number of nitriles is 1. The molecule has 0 saturated carbocycles. The number of rotatable bonds is 5. The summed E-state index contributed by atoms with van der Waals surface area (Å²) < 4.78 is 13.5. The van der Waals surface area contributed by atoms with Crippen LogP contribution in [0.1, 0.15) is 18.9 Å². The molecular weight excluding hydrogens is 267 g/mol. The number of nitrogens with one attached hydrogen (secondary N) is 1. The van der Waals surface area contributed by atoms with Gasteiger partial charge in [0, 0.05) is 38.8 Å². The van der Waals surface area contributed by atoms with E-state index in [1.165, 1.54) is 6.07 Å². The fourth-order valence-electron chi connectivity index (χ4n) is 2.54. The molecule has 2 rings (SSSR count). The average molecular weight is 290 g/mol. The Morgan fingerprint density at radius 2 is 2.05 bits per heavy atom. The van der Waals surface area contributed by atoms with Gasteiger partial charge in [-0.1, -0.05) is 6.07 Å². The van der Waals surface area contributed by atoms with Crippen molar-refractivity contribution in [2.75, 3.05) is 45.1 Å². The second-order valence-corrected chi connectivity index (χ2v) is 5.75. The Kier molecular flexibility index (Phi) is 5.54. The Balaban J connectivity index is 1.84. The maximum Gasteiger partial charge on any atom is 0.143 e. The van der Waals surface area contributed by atoms with Crippen LogP contribution in [0.15, 0.2) is 18.2 Å². The van der Waals surface area contributed by atoms with Crippen LogP contribution in [0.4, 0.5) is 10.1 Å². The van der Waals surface area contributed by atoms with Gasteiger partial charge in [-0.2, -0.15) is 5.26 Å². The molecule has 1 saturated heterocycles. The minimum absolute atomic E-state index is 0.101. The summed E-state index contributed by atoms with van der Waals surface area (Å²) >= 11 is 0. The molecule has 0 aromatic heterocycles. The molecule has 1 fully saturated rings. The molecule has 0 spiro atoms. The summed E-state index contributed by atoms with van der Waals surface area (Å²) in [4.78, 5) is 4.79. The van der Waals surface area contributed by atoms with Crippen LogP contribution < -0.4 is 5.32 Å². The molecule has 1 aromatic carbocycles. The molecular formula is C16H23FN4. The van der Waals surface area contributed by atoms with E-state index in [0.29, 0.717) is 5.69 Å². The second-order valence-electron chi connectivity index (χ2n) is 5.75. The third-order valence-electron chi connectivity index (χ3n) is 4.00. The summed E-state index contributed by atoms with van der Waals surface area (Å²) in [5, 5.41) is 12.3. The molecule has 1 heterocycles. The fourth-order valence-corrected chi connectivity index (χ4v) is 2.54. The van der Waals surface area contributed by atoms with Gasteiger partial charge in [0.05, 0.1) is 5.69 Å². The Morgan fingerprint density at radius 1 is 1.33 bits per heavy atom. The van der Waals surface area contributed by atoms with E-state index in [-0.39, 0.29) is 11.6 Å². The van der Waals surface area contributed by atoms with Gasteiger partial charge < -0.3 is 15.1 Å². The van der Waals surface area contributed by atoms with Crippen LogP contribution in [0.25, 0.3) is 0 Å². The SMILES string of the molecule is CC(CCN1CCN(C)CC1)Nc1cccc(F)c1C#N. The molecule has 1 aromatic rings. The molecule has 21 heavy (non-hydrogen) atoms. The van der Waals surface area contributed by atoms with Crippen molar-refractivity contribution in [3.63, 3.8) is 0 Å². The third-order valence-corrected chi connectivity index (χ3v) is 4.00. The Hall–Kier alpha value is -1.64.